The summed E-state index contributed by atoms with van der Waals surface area (Å²) in [6, 6.07) is 16.2. The predicted molar refractivity (Wildman–Crippen MR) is 97.9 cm³/mol. The second-order valence-corrected chi connectivity index (χ2v) is 6.38. The van der Waals surface area contributed by atoms with Gasteiger partial charge in [-0.1, -0.05) is 30.3 Å². The van der Waals surface area contributed by atoms with Gasteiger partial charge >= 0.3 is 0 Å². The van der Waals surface area contributed by atoms with Crippen LogP contribution in [-0.2, 0) is 12.8 Å². The van der Waals surface area contributed by atoms with Gasteiger partial charge in [0.25, 0.3) is 5.78 Å². The van der Waals surface area contributed by atoms with Crippen LogP contribution in [0.5, 0.6) is 0 Å². The molecule has 0 aliphatic heterocycles. The molecule has 1 N–H and O–H groups in total. The Kier molecular flexibility index (Phi) is 3.41. The number of benzene rings is 2. The molecule has 0 unspecified atom stereocenters. The lowest BCUT2D eigenvalue weighted by atomic mass is 10.2. The molecule has 0 amide bonds. The second kappa shape index (κ2) is 5.91. The van der Waals surface area contributed by atoms with Gasteiger partial charge in [0, 0.05) is 16.8 Å². The molecule has 4 aromatic rings. The zero-order chi connectivity index (χ0) is 17.5. The normalized spacial score (nSPS) is 13.1. The highest BCUT2D eigenvalue weighted by molar-refractivity contribution is 5.65. The number of hydrogen-bond donors (Lipinski definition) is 1. The van der Waals surface area contributed by atoms with Gasteiger partial charge in [0.15, 0.2) is 5.82 Å². The first-order valence-corrected chi connectivity index (χ1v) is 8.64. The Hall–Kier alpha value is -3.28. The molecule has 5 rings (SSSR count). The van der Waals surface area contributed by atoms with E-state index in [4.69, 9.17) is 4.98 Å². The number of rotatable bonds is 3. The van der Waals surface area contributed by atoms with Crippen molar-refractivity contribution in [2.45, 2.75) is 19.3 Å². The first-order chi connectivity index (χ1) is 12.8. The molecule has 5 nitrogen and oxygen atoms in total. The van der Waals surface area contributed by atoms with E-state index in [0.29, 0.717) is 11.6 Å². The van der Waals surface area contributed by atoms with E-state index in [2.05, 4.69) is 15.4 Å². The average molecular weight is 345 g/mol. The van der Waals surface area contributed by atoms with Crippen molar-refractivity contribution in [3.8, 4) is 11.4 Å². The zero-order valence-corrected chi connectivity index (χ0v) is 14.0. The van der Waals surface area contributed by atoms with Gasteiger partial charge in [0.05, 0.1) is 5.69 Å². The van der Waals surface area contributed by atoms with Gasteiger partial charge in [0.2, 0.25) is 0 Å². The van der Waals surface area contributed by atoms with Gasteiger partial charge in [-0.2, -0.15) is 9.50 Å². The van der Waals surface area contributed by atoms with Gasteiger partial charge in [-0.15, -0.1) is 5.10 Å². The van der Waals surface area contributed by atoms with Gasteiger partial charge < -0.3 is 5.32 Å². The number of nitrogens with zero attached hydrogens (tertiary/aromatic N) is 4. The van der Waals surface area contributed by atoms with Crippen LogP contribution in [0.25, 0.3) is 17.2 Å². The maximum atomic E-state index is 13.2. The summed E-state index contributed by atoms with van der Waals surface area (Å²) < 4.78 is 15.0. The molecule has 2 aromatic carbocycles. The lowest BCUT2D eigenvalue weighted by molar-refractivity contribution is 0.628. The molecule has 1 aliphatic rings. The minimum absolute atomic E-state index is 0.257. The SMILES string of the molecule is Fc1ccc(Nc2c3c(nc4nc(-c5ccccc5)nn24)CCC3)cc1. The minimum atomic E-state index is -0.257. The van der Waals surface area contributed by atoms with Crippen molar-refractivity contribution in [2.75, 3.05) is 5.32 Å². The van der Waals surface area contributed by atoms with Crippen molar-refractivity contribution in [1.82, 2.24) is 19.6 Å². The lowest BCUT2D eigenvalue weighted by Gasteiger charge is -2.12. The molecule has 2 heterocycles. The molecule has 6 heteroatoms. The molecular formula is C20H16FN5. The third-order valence-corrected chi connectivity index (χ3v) is 4.65. The van der Waals surface area contributed by atoms with Crippen LogP contribution in [0.3, 0.4) is 0 Å². The Labute approximate surface area is 149 Å². The summed E-state index contributed by atoms with van der Waals surface area (Å²) in [7, 11) is 0. The van der Waals surface area contributed by atoms with Crippen molar-refractivity contribution in [2.24, 2.45) is 0 Å². The molecule has 1 aliphatic carbocycles. The molecule has 0 atom stereocenters. The van der Waals surface area contributed by atoms with E-state index >= 15 is 0 Å². The van der Waals surface area contributed by atoms with E-state index in [9.17, 15) is 4.39 Å². The Bertz CT molecular complexity index is 1090. The Morgan fingerprint density at radius 1 is 0.923 bits per heavy atom. The third-order valence-electron chi connectivity index (χ3n) is 4.65. The molecule has 26 heavy (non-hydrogen) atoms. The highest BCUT2D eigenvalue weighted by Gasteiger charge is 2.22. The van der Waals surface area contributed by atoms with Gasteiger partial charge in [-0.25, -0.2) is 9.37 Å². The Morgan fingerprint density at radius 3 is 2.54 bits per heavy atom. The topological polar surface area (TPSA) is 55.1 Å². The van der Waals surface area contributed by atoms with Crippen LogP contribution < -0.4 is 5.32 Å². The van der Waals surface area contributed by atoms with Gasteiger partial charge in [-0.05, 0) is 43.5 Å². The van der Waals surface area contributed by atoms with E-state index in [1.165, 1.54) is 12.1 Å². The highest BCUT2D eigenvalue weighted by atomic mass is 19.1. The number of fused-ring (bicyclic) bond motifs is 2. The van der Waals surface area contributed by atoms with E-state index in [-0.39, 0.29) is 5.82 Å². The van der Waals surface area contributed by atoms with E-state index < -0.39 is 0 Å². The van der Waals surface area contributed by atoms with Crippen molar-refractivity contribution < 1.29 is 4.39 Å². The van der Waals surface area contributed by atoms with Gasteiger partial charge in [0.1, 0.15) is 11.6 Å². The first kappa shape index (κ1) is 15.0. The summed E-state index contributed by atoms with van der Waals surface area (Å²) in [6.45, 7) is 0. The van der Waals surface area contributed by atoms with Gasteiger partial charge in [-0.3, -0.25) is 0 Å². The molecule has 0 radical (unpaired) electrons. The maximum Gasteiger partial charge on any atom is 0.254 e. The van der Waals surface area contributed by atoms with Crippen molar-refractivity contribution in [3.05, 3.63) is 71.7 Å². The largest absolute Gasteiger partial charge is 0.340 e. The fraction of sp³-hybridized carbons (Fsp3) is 0.150. The lowest BCUT2D eigenvalue weighted by Crippen LogP contribution is -2.07. The number of aromatic nitrogens is 4. The number of anilines is 2. The zero-order valence-electron chi connectivity index (χ0n) is 14.0. The average Bonchev–Trinajstić information content (AvgIpc) is 3.31. The van der Waals surface area contributed by atoms with Crippen LogP contribution in [0.15, 0.2) is 54.6 Å². The second-order valence-electron chi connectivity index (χ2n) is 6.38. The molecular weight excluding hydrogens is 329 g/mol. The van der Waals surface area contributed by atoms with E-state index in [1.807, 2.05) is 30.3 Å². The van der Waals surface area contributed by atoms with Crippen LogP contribution in [0.4, 0.5) is 15.9 Å². The molecule has 0 saturated heterocycles. The Balaban J connectivity index is 1.67. The van der Waals surface area contributed by atoms with Crippen LogP contribution in [0.2, 0.25) is 0 Å². The maximum absolute atomic E-state index is 13.2. The molecule has 0 fully saturated rings. The summed E-state index contributed by atoms with van der Waals surface area (Å²) in [5.74, 6) is 1.83. The Morgan fingerprint density at radius 2 is 1.73 bits per heavy atom. The summed E-state index contributed by atoms with van der Waals surface area (Å²) in [5, 5.41) is 8.07. The smallest absolute Gasteiger partial charge is 0.254 e. The van der Waals surface area contributed by atoms with Crippen molar-refractivity contribution in [1.29, 1.82) is 0 Å². The fourth-order valence-corrected chi connectivity index (χ4v) is 3.39. The van der Waals surface area contributed by atoms with Crippen LogP contribution in [0.1, 0.15) is 17.7 Å². The molecule has 128 valence electrons. The number of aryl methyl sites for hydroxylation is 1. The monoisotopic (exact) mass is 345 g/mol. The van der Waals surface area contributed by atoms with E-state index in [1.54, 1.807) is 16.6 Å². The molecule has 0 spiro atoms. The molecule has 0 bridgehead atoms. The molecule has 0 saturated carbocycles. The first-order valence-electron chi connectivity index (χ1n) is 8.64. The van der Waals surface area contributed by atoms with Crippen LogP contribution in [-0.4, -0.2) is 19.6 Å². The summed E-state index contributed by atoms with van der Waals surface area (Å²) in [6.07, 6.45) is 2.96. The standard InChI is InChI=1S/C20H16FN5/c21-14-9-11-15(12-10-14)22-19-16-7-4-8-17(16)23-20-24-18(25-26(19)20)13-5-2-1-3-6-13/h1-3,5-6,9-12,22H,4,7-8H2. The summed E-state index contributed by atoms with van der Waals surface area (Å²) >= 11 is 0. The summed E-state index contributed by atoms with van der Waals surface area (Å²) in [5.41, 5.74) is 3.98. The van der Waals surface area contributed by atoms with Crippen LogP contribution >= 0.6 is 0 Å². The quantitative estimate of drug-likeness (QED) is 0.606. The number of halogens is 1. The van der Waals surface area contributed by atoms with E-state index in [0.717, 1.165) is 47.6 Å². The summed E-state index contributed by atoms with van der Waals surface area (Å²) in [4.78, 5) is 9.33. The predicted octanol–water partition coefficient (Wildman–Crippen LogP) is 4.16. The van der Waals surface area contributed by atoms with Crippen LogP contribution in [0, 0.1) is 5.82 Å². The fourth-order valence-electron chi connectivity index (χ4n) is 3.39. The van der Waals surface area contributed by atoms with Crippen molar-refractivity contribution >= 4 is 17.3 Å². The number of nitrogens with one attached hydrogen (secondary N) is 1. The van der Waals surface area contributed by atoms with Crippen molar-refractivity contribution in [3.63, 3.8) is 0 Å². The number of hydrogen-bond acceptors (Lipinski definition) is 4. The minimum Gasteiger partial charge on any atom is -0.340 e. The molecule has 2 aromatic heterocycles. The highest BCUT2D eigenvalue weighted by Crippen LogP contribution is 2.31. The third kappa shape index (κ3) is 2.50.